The van der Waals surface area contributed by atoms with E-state index in [1.165, 1.54) is 0 Å². The van der Waals surface area contributed by atoms with Crippen LogP contribution in [0.25, 0.3) is 0 Å². The summed E-state index contributed by atoms with van der Waals surface area (Å²) in [5.41, 5.74) is -1.30. The summed E-state index contributed by atoms with van der Waals surface area (Å²) in [7, 11) is 0.854. The Hall–Kier alpha value is -1.77. The topological polar surface area (TPSA) is 33.0 Å². The molecular formula is C8H3F4NO. The Morgan fingerprint density at radius 3 is 1.71 bits per heavy atom. The Morgan fingerprint density at radius 2 is 1.43 bits per heavy atom. The third-order valence-corrected chi connectivity index (χ3v) is 1.54. The third kappa shape index (κ3) is 1.27. The lowest BCUT2D eigenvalue weighted by Crippen LogP contribution is -2.03. The molecule has 0 fully saturated rings. The molecule has 0 aliphatic carbocycles. The van der Waals surface area contributed by atoms with E-state index in [0.29, 0.717) is 0 Å². The first-order valence-electron chi connectivity index (χ1n) is 3.34. The van der Waals surface area contributed by atoms with Gasteiger partial charge in [0.2, 0.25) is 11.6 Å². The molecule has 1 aromatic carbocycles. The number of halogens is 4. The molecule has 2 nitrogen and oxygen atoms in total. The van der Waals surface area contributed by atoms with Crippen LogP contribution in [0.4, 0.5) is 17.6 Å². The van der Waals surface area contributed by atoms with Crippen molar-refractivity contribution in [3.8, 4) is 11.8 Å². The van der Waals surface area contributed by atoms with Crippen molar-refractivity contribution in [2.24, 2.45) is 0 Å². The van der Waals surface area contributed by atoms with E-state index < -0.39 is 34.6 Å². The van der Waals surface area contributed by atoms with Crippen molar-refractivity contribution >= 4 is 0 Å². The van der Waals surface area contributed by atoms with E-state index in [9.17, 15) is 17.6 Å². The van der Waals surface area contributed by atoms with Crippen molar-refractivity contribution < 1.29 is 22.3 Å². The van der Waals surface area contributed by atoms with Gasteiger partial charge in [-0.3, -0.25) is 0 Å². The highest BCUT2D eigenvalue weighted by atomic mass is 19.2. The lowest BCUT2D eigenvalue weighted by Gasteiger charge is -2.06. The van der Waals surface area contributed by atoms with Crippen molar-refractivity contribution in [1.29, 1.82) is 5.26 Å². The van der Waals surface area contributed by atoms with Gasteiger partial charge in [-0.05, 0) is 0 Å². The van der Waals surface area contributed by atoms with Crippen LogP contribution >= 0.6 is 0 Å². The zero-order valence-electron chi connectivity index (χ0n) is 6.87. The van der Waals surface area contributed by atoms with E-state index in [4.69, 9.17) is 5.26 Å². The van der Waals surface area contributed by atoms with Crippen LogP contribution in [0.15, 0.2) is 0 Å². The minimum Gasteiger partial charge on any atom is -0.491 e. The summed E-state index contributed by atoms with van der Waals surface area (Å²) in [6.07, 6.45) is 0. The first-order chi connectivity index (χ1) is 6.54. The quantitative estimate of drug-likeness (QED) is 0.519. The number of nitrogens with zero attached hydrogens (tertiary/aromatic N) is 1. The Balaban J connectivity index is 3.66. The predicted octanol–water partition coefficient (Wildman–Crippen LogP) is 2.12. The van der Waals surface area contributed by atoms with E-state index >= 15 is 0 Å². The molecule has 0 aliphatic rings. The molecule has 0 radical (unpaired) electrons. The highest BCUT2D eigenvalue weighted by Crippen LogP contribution is 2.28. The molecule has 1 aromatic rings. The molecule has 0 heterocycles. The van der Waals surface area contributed by atoms with Gasteiger partial charge in [0.1, 0.15) is 11.6 Å². The molecule has 0 unspecified atom stereocenters. The fourth-order valence-electron chi connectivity index (χ4n) is 0.889. The average molecular weight is 205 g/mol. The van der Waals surface area contributed by atoms with Gasteiger partial charge in [0.05, 0.1) is 7.11 Å². The number of hydrogen-bond donors (Lipinski definition) is 0. The highest BCUT2D eigenvalue weighted by molar-refractivity contribution is 5.40. The fraction of sp³-hybridized carbons (Fsp3) is 0.125. The minimum absolute atomic E-state index is 0.854. The fourth-order valence-corrected chi connectivity index (χ4v) is 0.889. The maximum absolute atomic E-state index is 12.8. The van der Waals surface area contributed by atoms with Crippen molar-refractivity contribution in [3.05, 3.63) is 28.8 Å². The molecule has 0 saturated heterocycles. The van der Waals surface area contributed by atoms with Gasteiger partial charge < -0.3 is 4.74 Å². The van der Waals surface area contributed by atoms with Crippen LogP contribution in [0.5, 0.6) is 5.75 Å². The van der Waals surface area contributed by atoms with E-state index in [2.05, 4.69) is 4.74 Å². The molecule has 74 valence electrons. The molecule has 0 aromatic heterocycles. The molecule has 0 spiro atoms. The first-order valence-corrected chi connectivity index (χ1v) is 3.34. The Labute approximate surface area is 76.3 Å². The van der Waals surface area contributed by atoms with Crippen molar-refractivity contribution in [1.82, 2.24) is 0 Å². The number of methoxy groups -OCH3 is 1. The van der Waals surface area contributed by atoms with Crippen LogP contribution in [0, 0.1) is 34.6 Å². The molecule has 0 atom stereocenters. The molecule has 0 bridgehead atoms. The van der Waals surface area contributed by atoms with Crippen molar-refractivity contribution in [2.75, 3.05) is 7.11 Å². The molecule has 14 heavy (non-hydrogen) atoms. The zero-order chi connectivity index (χ0) is 10.9. The van der Waals surface area contributed by atoms with Gasteiger partial charge in [0, 0.05) is 0 Å². The van der Waals surface area contributed by atoms with Crippen LogP contribution in [-0.2, 0) is 0 Å². The second-order valence-electron chi connectivity index (χ2n) is 2.28. The number of ether oxygens (including phenoxy) is 1. The Bertz CT molecular complexity index is 388. The van der Waals surface area contributed by atoms with Crippen LogP contribution in [0.3, 0.4) is 0 Å². The Kier molecular flexibility index (Phi) is 2.60. The lowest BCUT2D eigenvalue weighted by molar-refractivity contribution is 0.331. The molecule has 0 aliphatic heterocycles. The van der Waals surface area contributed by atoms with E-state index in [1.807, 2.05) is 0 Å². The number of hydrogen-bond acceptors (Lipinski definition) is 2. The summed E-state index contributed by atoms with van der Waals surface area (Å²) in [6, 6.07) is 1.01. The Morgan fingerprint density at radius 1 is 1.00 bits per heavy atom. The highest BCUT2D eigenvalue weighted by Gasteiger charge is 2.25. The molecule has 1 rings (SSSR count). The number of benzene rings is 1. The molecular weight excluding hydrogens is 202 g/mol. The van der Waals surface area contributed by atoms with Crippen LogP contribution in [0.2, 0.25) is 0 Å². The maximum Gasteiger partial charge on any atom is 0.205 e. The van der Waals surface area contributed by atoms with Crippen LogP contribution in [0.1, 0.15) is 5.56 Å². The van der Waals surface area contributed by atoms with Crippen LogP contribution in [-0.4, -0.2) is 7.11 Å². The van der Waals surface area contributed by atoms with E-state index in [1.54, 1.807) is 0 Å². The monoisotopic (exact) mass is 205 g/mol. The smallest absolute Gasteiger partial charge is 0.205 e. The lowest BCUT2D eigenvalue weighted by atomic mass is 10.2. The van der Waals surface area contributed by atoms with E-state index in [0.717, 1.165) is 13.2 Å². The third-order valence-electron chi connectivity index (χ3n) is 1.54. The van der Waals surface area contributed by atoms with Gasteiger partial charge in [-0.25, -0.2) is 8.78 Å². The molecule has 6 heteroatoms. The summed E-state index contributed by atoms with van der Waals surface area (Å²) >= 11 is 0. The second-order valence-corrected chi connectivity index (χ2v) is 2.28. The summed E-state index contributed by atoms with van der Waals surface area (Å²) in [6.45, 7) is 0. The second kappa shape index (κ2) is 3.54. The largest absolute Gasteiger partial charge is 0.491 e. The van der Waals surface area contributed by atoms with Gasteiger partial charge in [-0.1, -0.05) is 0 Å². The van der Waals surface area contributed by atoms with Gasteiger partial charge in [-0.2, -0.15) is 14.0 Å². The molecule has 0 N–H and O–H groups in total. The van der Waals surface area contributed by atoms with Crippen molar-refractivity contribution in [3.63, 3.8) is 0 Å². The van der Waals surface area contributed by atoms with Gasteiger partial charge in [0.15, 0.2) is 17.4 Å². The number of nitriles is 1. The van der Waals surface area contributed by atoms with Crippen molar-refractivity contribution in [2.45, 2.75) is 0 Å². The SMILES string of the molecule is COc1c(F)c(F)c(C#N)c(F)c1F. The summed E-state index contributed by atoms with van der Waals surface area (Å²) < 4.78 is 55.4. The summed E-state index contributed by atoms with van der Waals surface area (Å²) in [5.74, 6) is -8.14. The summed E-state index contributed by atoms with van der Waals surface area (Å²) in [5, 5.41) is 8.21. The van der Waals surface area contributed by atoms with Gasteiger partial charge in [0.25, 0.3) is 0 Å². The first kappa shape index (κ1) is 10.3. The predicted molar refractivity (Wildman–Crippen MR) is 37.5 cm³/mol. The normalized spacial score (nSPS) is 9.71. The average Bonchev–Trinajstić information content (AvgIpc) is 2.17. The minimum atomic E-state index is -1.76. The molecule has 0 saturated carbocycles. The van der Waals surface area contributed by atoms with Crippen LogP contribution < -0.4 is 4.74 Å². The van der Waals surface area contributed by atoms with Gasteiger partial charge >= 0.3 is 0 Å². The summed E-state index contributed by atoms with van der Waals surface area (Å²) in [4.78, 5) is 0. The van der Waals surface area contributed by atoms with E-state index in [-0.39, 0.29) is 0 Å². The standard InChI is InChI=1S/C8H3F4NO/c1-14-8-6(11)4(9)3(2-13)5(10)7(8)12/h1H3. The van der Waals surface area contributed by atoms with Gasteiger partial charge in [-0.15, -0.1) is 0 Å². The zero-order valence-corrected chi connectivity index (χ0v) is 6.87. The molecule has 0 amide bonds. The number of rotatable bonds is 1. The maximum atomic E-state index is 12.8.